The van der Waals surface area contributed by atoms with Crippen molar-refractivity contribution >= 4 is 12.1 Å². The zero-order valence-corrected chi connectivity index (χ0v) is 10.1. The van der Waals surface area contributed by atoms with Gasteiger partial charge in [-0.2, -0.15) is 5.10 Å². The molecule has 0 saturated carbocycles. The third-order valence-corrected chi connectivity index (χ3v) is 2.89. The topological polar surface area (TPSA) is 41.9 Å². The lowest BCUT2D eigenvalue weighted by Gasteiger charge is -2.21. The molecule has 1 heterocycles. The van der Waals surface area contributed by atoms with Crippen molar-refractivity contribution in [2.75, 3.05) is 7.11 Å². The number of rotatable bonds is 3. The summed E-state index contributed by atoms with van der Waals surface area (Å²) < 4.78 is 5.12. The van der Waals surface area contributed by atoms with Crippen molar-refractivity contribution in [1.29, 1.82) is 0 Å². The van der Waals surface area contributed by atoms with Gasteiger partial charge in [0.25, 0.3) is 0 Å². The van der Waals surface area contributed by atoms with Gasteiger partial charge < -0.3 is 4.74 Å². The quantitative estimate of drug-likeness (QED) is 0.802. The van der Waals surface area contributed by atoms with E-state index in [2.05, 4.69) is 5.10 Å². The summed E-state index contributed by atoms with van der Waals surface area (Å²) >= 11 is 0. The van der Waals surface area contributed by atoms with Gasteiger partial charge >= 0.3 is 0 Å². The van der Waals surface area contributed by atoms with Gasteiger partial charge in [-0.25, -0.2) is 5.01 Å². The second kappa shape index (κ2) is 4.99. The van der Waals surface area contributed by atoms with E-state index < -0.39 is 0 Å². The van der Waals surface area contributed by atoms with Crippen LogP contribution in [0.1, 0.15) is 31.4 Å². The van der Waals surface area contributed by atoms with Crippen LogP contribution in [0.15, 0.2) is 29.4 Å². The van der Waals surface area contributed by atoms with E-state index in [1.807, 2.05) is 31.2 Å². The number of hydrogen-bond donors (Lipinski definition) is 0. The summed E-state index contributed by atoms with van der Waals surface area (Å²) in [6.07, 6.45) is 3.05. The average Bonchev–Trinajstić information content (AvgIpc) is 2.87. The molecule has 2 rings (SSSR count). The molecule has 17 heavy (non-hydrogen) atoms. The van der Waals surface area contributed by atoms with Crippen molar-refractivity contribution < 1.29 is 9.53 Å². The third-order valence-electron chi connectivity index (χ3n) is 2.89. The number of ether oxygens (including phenoxy) is 1. The first kappa shape index (κ1) is 11.6. The smallest absolute Gasteiger partial charge is 0.242 e. The summed E-state index contributed by atoms with van der Waals surface area (Å²) in [5, 5.41) is 5.71. The molecule has 0 N–H and O–H groups in total. The van der Waals surface area contributed by atoms with Gasteiger partial charge in [-0.3, -0.25) is 4.79 Å². The van der Waals surface area contributed by atoms with E-state index in [9.17, 15) is 4.79 Å². The van der Waals surface area contributed by atoms with Crippen molar-refractivity contribution in [2.45, 2.75) is 25.8 Å². The molecular formula is C13H16N2O2. The normalized spacial score (nSPS) is 18.5. The second-order valence-corrected chi connectivity index (χ2v) is 3.91. The minimum Gasteiger partial charge on any atom is -0.497 e. The minimum absolute atomic E-state index is 0.0355. The lowest BCUT2D eigenvalue weighted by atomic mass is 10.0. The maximum atomic E-state index is 11.7. The Labute approximate surface area is 101 Å². The zero-order valence-electron chi connectivity index (χ0n) is 10.1. The lowest BCUT2D eigenvalue weighted by Crippen LogP contribution is -2.26. The molecule has 1 aromatic rings. The van der Waals surface area contributed by atoms with E-state index in [1.54, 1.807) is 18.3 Å². The van der Waals surface area contributed by atoms with Gasteiger partial charge in [0.1, 0.15) is 5.75 Å². The second-order valence-electron chi connectivity index (χ2n) is 3.91. The van der Waals surface area contributed by atoms with Crippen LogP contribution in [0.2, 0.25) is 0 Å². The predicted molar refractivity (Wildman–Crippen MR) is 66.0 cm³/mol. The molecular weight excluding hydrogens is 216 g/mol. The molecule has 1 aliphatic heterocycles. The van der Waals surface area contributed by atoms with Gasteiger partial charge in [0.15, 0.2) is 0 Å². The Morgan fingerprint density at radius 1 is 1.47 bits per heavy atom. The lowest BCUT2D eigenvalue weighted by molar-refractivity contribution is -0.132. The average molecular weight is 232 g/mol. The highest BCUT2D eigenvalue weighted by Crippen LogP contribution is 2.29. The molecule has 1 aromatic carbocycles. The van der Waals surface area contributed by atoms with E-state index in [0.29, 0.717) is 6.42 Å². The summed E-state index contributed by atoms with van der Waals surface area (Å²) in [5.74, 6) is 0.876. The van der Waals surface area contributed by atoms with E-state index in [1.165, 1.54) is 0 Å². The van der Waals surface area contributed by atoms with Crippen molar-refractivity contribution in [1.82, 2.24) is 5.01 Å². The first-order valence-electron chi connectivity index (χ1n) is 5.74. The van der Waals surface area contributed by atoms with Crippen LogP contribution in [-0.4, -0.2) is 24.2 Å². The van der Waals surface area contributed by atoms with E-state index in [0.717, 1.165) is 17.7 Å². The Kier molecular flexibility index (Phi) is 3.42. The largest absolute Gasteiger partial charge is 0.497 e. The van der Waals surface area contributed by atoms with Gasteiger partial charge in [-0.05, 0) is 17.7 Å². The summed E-state index contributed by atoms with van der Waals surface area (Å²) in [7, 11) is 1.64. The van der Waals surface area contributed by atoms with E-state index in [-0.39, 0.29) is 11.9 Å². The molecule has 0 saturated heterocycles. The summed E-state index contributed by atoms with van der Waals surface area (Å²) in [6.45, 7) is 1.85. The molecule has 90 valence electrons. The van der Waals surface area contributed by atoms with Crippen molar-refractivity contribution in [3.05, 3.63) is 29.8 Å². The highest BCUT2D eigenvalue weighted by atomic mass is 16.5. The monoisotopic (exact) mass is 232 g/mol. The van der Waals surface area contributed by atoms with Crippen LogP contribution in [-0.2, 0) is 4.79 Å². The molecule has 1 aliphatic rings. The molecule has 0 radical (unpaired) electrons. The van der Waals surface area contributed by atoms with Gasteiger partial charge in [-0.15, -0.1) is 0 Å². The molecule has 4 heteroatoms. The molecule has 1 unspecified atom stereocenters. The molecule has 0 aromatic heterocycles. The Hall–Kier alpha value is -1.84. The van der Waals surface area contributed by atoms with Crippen LogP contribution >= 0.6 is 0 Å². The minimum atomic E-state index is 0.0355. The number of amides is 1. The number of hydrazone groups is 1. The summed E-state index contributed by atoms with van der Waals surface area (Å²) in [4.78, 5) is 11.7. The van der Waals surface area contributed by atoms with Crippen molar-refractivity contribution in [2.24, 2.45) is 5.10 Å². The van der Waals surface area contributed by atoms with Crippen LogP contribution < -0.4 is 4.74 Å². The van der Waals surface area contributed by atoms with Gasteiger partial charge in [0, 0.05) is 19.1 Å². The first-order valence-corrected chi connectivity index (χ1v) is 5.74. The summed E-state index contributed by atoms with van der Waals surface area (Å²) in [5.41, 5.74) is 1.09. The highest BCUT2D eigenvalue weighted by Gasteiger charge is 2.26. The van der Waals surface area contributed by atoms with Crippen molar-refractivity contribution in [3.63, 3.8) is 0 Å². The number of hydrogen-bond acceptors (Lipinski definition) is 3. The third kappa shape index (κ3) is 2.30. The highest BCUT2D eigenvalue weighted by molar-refractivity contribution is 5.79. The summed E-state index contributed by atoms with van der Waals surface area (Å²) in [6, 6.07) is 7.81. The molecule has 0 spiro atoms. The standard InChI is InChI=1S/C13H16N2O2/c1-3-13(16)15-12(8-9-14-15)10-4-6-11(17-2)7-5-10/h4-7,9,12H,3,8H2,1-2H3. The van der Waals surface area contributed by atoms with Gasteiger partial charge in [0.05, 0.1) is 13.2 Å². The Morgan fingerprint density at radius 3 is 2.76 bits per heavy atom. The Balaban J connectivity index is 2.18. The molecule has 0 aliphatic carbocycles. The SMILES string of the molecule is CCC(=O)N1N=CCC1c1ccc(OC)cc1. The Morgan fingerprint density at radius 2 is 2.18 bits per heavy atom. The van der Waals surface area contributed by atoms with Gasteiger partial charge in [0.2, 0.25) is 5.91 Å². The number of carbonyl (C=O) groups is 1. The molecule has 0 fully saturated rings. The molecule has 0 bridgehead atoms. The zero-order chi connectivity index (χ0) is 12.3. The first-order chi connectivity index (χ1) is 8.26. The van der Waals surface area contributed by atoms with Crippen LogP contribution in [0.25, 0.3) is 0 Å². The van der Waals surface area contributed by atoms with Crippen molar-refractivity contribution in [3.8, 4) is 5.75 Å². The molecule has 4 nitrogen and oxygen atoms in total. The maximum Gasteiger partial charge on any atom is 0.242 e. The number of carbonyl (C=O) groups excluding carboxylic acids is 1. The fourth-order valence-electron chi connectivity index (χ4n) is 1.92. The Bertz CT molecular complexity index is 426. The fraction of sp³-hybridized carbons (Fsp3) is 0.385. The fourth-order valence-corrected chi connectivity index (χ4v) is 1.92. The van der Waals surface area contributed by atoms with Crippen LogP contribution in [0, 0.1) is 0 Å². The van der Waals surface area contributed by atoms with Crippen LogP contribution in [0.4, 0.5) is 0 Å². The van der Waals surface area contributed by atoms with E-state index >= 15 is 0 Å². The number of benzene rings is 1. The predicted octanol–water partition coefficient (Wildman–Crippen LogP) is 2.36. The van der Waals surface area contributed by atoms with Crippen LogP contribution in [0.3, 0.4) is 0 Å². The van der Waals surface area contributed by atoms with Crippen LogP contribution in [0.5, 0.6) is 5.75 Å². The van der Waals surface area contributed by atoms with E-state index in [4.69, 9.17) is 4.74 Å². The van der Waals surface area contributed by atoms with Gasteiger partial charge in [-0.1, -0.05) is 19.1 Å². The number of nitrogens with zero attached hydrogens (tertiary/aromatic N) is 2. The molecule has 1 atom stereocenters. The molecule has 1 amide bonds. The maximum absolute atomic E-state index is 11.7. The number of methoxy groups -OCH3 is 1.